The molecule has 0 amide bonds. The van der Waals surface area contributed by atoms with Crippen molar-refractivity contribution in [1.82, 2.24) is 0 Å². The molecule has 0 unspecified atom stereocenters. The first-order chi connectivity index (χ1) is 11.4. The first kappa shape index (κ1) is 23.6. The molecule has 0 atom stereocenters. The molecule has 23 heavy (non-hydrogen) atoms. The summed E-state index contributed by atoms with van der Waals surface area (Å²) in [5.74, 6) is 0. The third-order valence-electron chi connectivity index (χ3n) is 4.59. The van der Waals surface area contributed by atoms with Gasteiger partial charge in [-0.15, -0.1) is 0 Å². The Balaban J connectivity index is 2.92. The van der Waals surface area contributed by atoms with Crippen LogP contribution in [0.5, 0.6) is 0 Å². The Bertz CT molecular complexity index is 187. The van der Waals surface area contributed by atoms with Crippen molar-refractivity contribution in [3.05, 3.63) is 0 Å². The van der Waals surface area contributed by atoms with Crippen LogP contribution in [0.15, 0.2) is 0 Å². The molecule has 0 aliphatic heterocycles. The van der Waals surface area contributed by atoms with Crippen LogP contribution in [-0.2, 0) is 8.23 Å². The third-order valence-corrected chi connectivity index (χ3v) is 8.15. The fraction of sp³-hybridized carbons (Fsp3) is 1.00. The minimum atomic E-state index is -0.522. The van der Waals surface area contributed by atoms with Crippen LogP contribution in [0.2, 0.25) is 6.04 Å². The van der Waals surface area contributed by atoms with Crippen molar-refractivity contribution in [3.63, 3.8) is 0 Å². The Morgan fingerprint density at radius 3 is 1.39 bits per heavy atom. The molecule has 140 valence electrons. The van der Waals surface area contributed by atoms with Gasteiger partial charge in [0.1, 0.15) is 20.2 Å². The summed E-state index contributed by atoms with van der Waals surface area (Å²) in [6, 6.07) is 1.37. The maximum Gasteiger partial charge on any atom is 0.282 e. The van der Waals surface area contributed by atoms with Gasteiger partial charge in [0.05, 0.1) is 0 Å². The maximum absolute atomic E-state index is 5.60. The highest BCUT2D eigenvalue weighted by Crippen LogP contribution is 2.13. The molecule has 0 aliphatic carbocycles. The van der Waals surface area contributed by atoms with Crippen LogP contribution in [0.4, 0.5) is 0 Å². The predicted molar refractivity (Wildman–Crippen MR) is 114 cm³/mol. The monoisotopic (exact) mass is 376 g/mol. The Kier molecular flexibility index (Phi) is 23.1. The number of hydrogen-bond donors (Lipinski definition) is 0. The van der Waals surface area contributed by atoms with Gasteiger partial charge in [-0.1, -0.05) is 110 Å². The molecule has 0 bridgehead atoms. The lowest BCUT2D eigenvalue weighted by Gasteiger charge is -2.04. The largest absolute Gasteiger partial charge is 0.449 e. The number of hydrogen-bond acceptors (Lipinski definition) is 2. The van der Waals surface area contributed by atoms with Crippen LogP contribution in [0.25, 0.3) is 0 Å². The Morgan fingerprint density at radius 1 is 0.609 bits per heavy atom. The lowest BCUT2D eigenvalue weighted by molar-refractivity contribution is 0.498. The van der Waals surface area contributed by atoms with E-state index in [-0.39, 0.29) is 9.76 Å². The van der Waals surface area contributed by atoms with E-state index in [4.69, 9.17) is 8.23 Å². The first-order valence-corrected chi connectivity index (χ1v) is 14.0. The second kappa shape index (κ2) is 22.6. The molecule has 0 fully saturated rings. The van der Waals surface area contributed by atoms with Gasteiger partial charge in [0.25, 0.3) is 10.0 Å². The standard InChI is InChI=1S/C18H44O2Si3/c1-2-3-4-5-6-7-8-9-10-11-12-13-14-15-16-17-18-22-20-23-19-21/h2-18,22-23H2,1,21H3. The van der Waals surface area contributed by atoms with Gasteiger partial charge < -0.3 is 8.23 Å². The molecule has 0 aromatic carbocycles. The molecule has 0 aliphatic rings. The summed E-state index contributed by atoms with van der Waals surface area (Å²) < 4.78 is 10.8. The molecular formula is C18H44O2Si3. The summed E-state index contributed by atoms with van der Waals surface area (Å²) in [5, 5.41) is 0. The quantitative estimate of drug-likeness (QED) is 0.236. The summed E-state index contributed by atoms with van der Waals surface area (Å²) >= 11 is 0. The summed E-state index contributed by atoms with van der Waals surface area (Å²) in [6.07, 6.45) is 23.3. The van der Waals surface area contributed by atoms with Crippen molar-refractivity contribution in [1.29, 1.82) is 0 Å². The minimum absolute atomic E-state index is 0.205. The molecule has 0 aromatic rings. The van der Waals surface area contributed by atoms with Gasteiger partial charge in [0, 0.05) is 0 Å². The molecule has 0 saturated carbocycles. The zero-order chi connectivity index (χ0) is 16.8. The van der Waals surface area contributed by atoms with Crippen molar-refractivity contribution in [2.75, 3.05) is 0 Å². The van der Waals surface area contributed by atoms with Crippen molar-refractivity contribution < 1.29 is 8.23 Å². The summed E-state index contributed by atoms with van der Waals surface area (Å²) in [6.45, 7) is 2.29. The Morgan fingerprint density at radius 2 is 1.00 bits per heavy atom. The van der Waals surface area contributed by atoms with Gasteiger partial charge in [-0.3, -0.25) is 0 Å². The maximum atomic E-state index is 5.60. The van der Waals surface area contributed by atoms with E-state index >= 15 is 0 Å². The average Bonchev–Trinajstić information content (AvgIpc) is 2.57. The van der Waals surface area contributed by atoms with E-state index in [0.717, 1.165) is 10.5 Å². The SMILES string of the molecule is CCCCCCCCCCCCCCCCCC[SiH2]O[SiH2]O[SiH3]. The highest BCUT2D eigenvalue weighted by atomic mass is 28.3. The normalized spacial score (nSPS) is 12.4. The van der Waals surface area contributed by atoms with Gasteiger partial charge >= 0.3 is 0 Å². The van der Waals surface area contributed by atoms with E-state index in [1.165, 1.54) is 109 Å². The first-order valence-electron chi connectivity index (χ1n) is 10.5. The second-order valence-electron chi connectivity index (χ2n) is 6.97. The van der Waals surface area contributed by atoms with Gasteiger partial charge in [-0.25, -0.2) is 0 Å². The van der Waals surface area contributed by atoms with E-state index in [2.05, 4.69) is 6.92 Å². The zero-order valence-corrected chi connectivity index (χ0v) is 21.1. The lowest BCUT2D eigenvalue weighted by atomic mass is 10.0. The molecule has 0 N–H and O–H groups in total. The highest BCUT2D eigenvalue weighted by Gasteiger charge is 1.95. The van der Waals surface area contributed by atoms with Gasteiger partial charge in [-0.05, 0) is 6.04 Å². The van der Waals surface area contributed by atoms with Crippen molar-refractivity contribution in [2.45, 2.75) is 116 Å². The van der Waals surface area contributed by atoms with Crippen LogP contribution in [0.3, 0.4) is 0 Å². The van der Waals surface area contributed by atoms with Crippen LogP contribution in [-0.4, -0.2) is 30.3 Å². The van der Waals surface area contributed by atoms with Gasteiger partial charge in [-0.2, -0.15) is 0 Å². The Labute approximate surface area is 154 Å². The smallest absolute Gasteiger partial charge is 0.282 e. The van der Waals surface area contributed by atoms with E-state index < -0.39 is 10.0 Å². The van der Waals surface area contributed by atoms with E-state index in [1.54, 1.807) is 0 Å². The lowest BCUT2D eigenvalue weighted by Crippen LogP contribution is -2.06. The number of rotatable bonds is 20. The van der Waals surface area contributed by atoms with Crippen LogP contribution >= 0.6 is 0 Å². The molecule has 0 saturated heterocycles. The van der Waals surface area contributed by atoms with Gasteiger partial charge in [0.15, 0.2) is 0 Å². The van der Waals surface area contributed by atoms with Gasteiger partial charge in [0.2, 0.25) is 0 Å². The highest BCUT2D eigenvalue weighted by molar-refractivity contribution is 6.41. The van der Waals surface area contributed by atoms with Crippen molar-refractivity contribution >= 4 is 30.3 Å². The summed E-state index contributed by atoms with van der Waals surface area (Å²) in [5.41, 5.74) is 0. The van der Waals surface area contributed by atoms with E-state index in [9.17, 15) is 0 Å². The molecule has 0 heterocycles. The molecular weight excluding hydrogens is 332 g/mol. The molecule has 0 radical (unpaired) electrons. The van der Waals surface area contributed by atoms with E-state index in [1.807, 2.05) is 0 Å². The predicted octanol–water partition coefficient (Wildman–Crippen LogP) is 4.06. The molecule has 5 heteroatoms. The summed E-state index contributed by atoms with van der Waals surface area (Å²) in [7, 11) is 0.142. The topological polar surface area (TPSA) is 18.5 Å². The zero-order valence-electron chi connectivity index (χ0n) is 16.3. The minimum Gasteiger partial charge on any atom is -0.449 e. The van der Waals surface area contributed by atoms with Crippen molar-refractivity contribution in [3.8, 4) is 0 Å². The Hall–Kier alpha value is 0.571. The fourth-order valence-corrected chi connectivity index (χ4v) is 7.08. The second-order valence-corrected chi connectivity index (χ2v) is 12.3. The molecule has 0 aromatic heterocycles. The third kappa shape index (κ3) is 22.6. The summed E-state index contributed by atoms with van der Waals surface area (Å²) in [4.78, 5) is 0. The van der Waals surface area contributed by atoms with E-state index in [0.29, 0.717) is 0 Å². The van der Waals surface area contributed by atoms with Crippen molar-refractivity contribution in [2.24, 2.45) is 0 Å². The molecule has 0 spiro atoms. The molecule has 2 nitrogen and oxygen atoms in total. The fourth-order valence-electron chi connectivity index (χ4n) is 3.07. The number of unbranched alkanes of at least 4 members (excludes halogenated alkanes) is 15. The molecule has 0 rings (SSSR count). The van der Waals surface area contributed by atoms with Crippen LogP contribution in [0.1, 0.15) is 110 Å². The van der Waals surface area contributed by atoms with Crippen LogP contribution in [0, 0.1) is 0 Å². The average molecular weight is 377 g/mol. The van der Waals surface area contributed by atoms with Crippen LogP contribution < -0.4 is 0 Å².